The molecule has 0 aliphatic carbocycles. The van der Waals surface area contributed by atoms with Gasteiger partial charge in [0.15, 0.2) is 0 Å². The summed E-state index contributed by atoms with van der Waals surface area (Å²) in [6.07, 6.45) is 4.97. The van der Waals surface area contributed by atoms with E-state index < -0.39 is 0 Å². The second-order valence-corrected chi connectivity index (χ2v) is 5.96. The first kappa shape index (κ1) is 15.5. The van der Waals surface area contributed by atoms with E-state index >= 15 is 0 Å². The van der Waals surface area contributed by atoms with Gasteiger partial charge in [-0.25, -0.2) is 4.98 Å². The van der Waals surface area contributed by atoms with Gasteiger partial charge in [-0.1, -0.05) is 6.07 Å². The van der Waals surface area contributed by atoms with Crippen LogP contribution in [-0.2, 0) is 4.74 Å². The average Bonchev–Trinajstić information content (AvgIpc) is 3.33. The second kappa shape index (κ2) is 6.48. The minimum absolute atomic E-state index is 0.0442. The van der Waals surface area contributed by atoms with E-state index in [-0.39, 0.29) is 11.9 Å². The molecule has 1 aromatic carbocycles. The van der Waals surface area contributed by atoms with Gasteiger partial charge in [0.25, 0.3) is 5.91 Å². The number of carbonyl (C=O) groups is 1. The Morgan fingerprint density at radius 1 is 1.32 bits per heavy atom. The van der Waals surface area contributed by atoms with Gasteiger partial charge in [0, 0.05) is 29.7 Å². The molecule has 1 N–H and O–H groups in total. The number of hydrogen-bond donors (Lipinski definition) is 1. The number of morpholine rings is 1. The van der Waals surface area contributed by atoms with Crippen LogP contribution >= 0.6 is 0 Å². The quantitative estimate of drug-likeness (QED) is 0.782. The molecule has 8 heteroatoms. The minimum Gasteiger partial charge on any atom is -0.377 e. The maximum Gasteiger partial charge on any atom is 0.254 e. The van der Waals surface area contributed by atoms with Gasteiger partial charge in [0.1, 0.15) is 24.5 Å². The maximum atomic E-state index is 13.1. The highest BCUT2D eigenvalue weighted by molar-refractivity contribution is 5.95. The molecule has 25 heavy (non-hydrogen) atoms. The molecule has 0 spiro atoms. The molecular formula is C17H18N6O2. The van der Waals surface area contributed by atoms with Crippen LogP contribution in [0.3, 0.4) is 0 Å². The molecule has 3 heterocycles. The number of benzene rings is 1. The van der Waals surface area contributed by atoms with Gasteiger partial charge < -0.3 is 14.6 Å². The number of rotatable bonds is 3. The van der Waals surface area contributed by atoms with Crippen molar-refractivity contribution in [3.8, 4) is 5.69 Å². The van der Waals surface area contributed by atoms with E-state index in [1.165, 1.54) is 0 Å². The molecular weight excluding hydrogens is 320 g/mol. The van der Waals surface area contributed by atoms with Gasteiger partial charge in [0.05, 0.1) is 13.2 Å². The van der Waals surface area contributed by atoms with Gasteiger partial charge >= 0.3 is 0 Å². The van der Waals surface area contributed by atoms with E-state index in [1.807, 2.05) is 36.1 Å². The summed E-state index contributed by atoms with van der Waals surface area (Å²) in [5, 5.41) is 7.61. The number of carbonyl (C=O) groups excluding carboxylic acids is 1. The first-order valence-corrected chi connectivity index (χ1v) is 8.07. The summed E-state index contributed by atoms with van der Waals surface area (Å²) in [5.74, 6) is 0.706. The summed E-state index contributed by atoms with van der Waals surface area (Å²) >= 11 is 0. The number of H-pyrrole nitrogens is 1. The van der Waals surface area contributed by atoms with Gasteiger partial charge in [-0.3, -0.25) is 9.36 Å². The van der Waals surface area contributed by atoms with E-state index in [1.54, 1.807) is 23.4 Å². The van der Waals surface area contributed by atoms with Crippen LogP contribution in [0.5, 0.6) is 0 Å². The maximum absolute atomic E-state index is 13.1. The van der Waals surface area contributed by atoms with Crippen molar-refractivity contribution < 1.29 is 9.53 Å². The third kappa shape index (κ3) is 3.03. The lowest BCUT2D eigenvalue weighted by molar-refractivity contribution is -0.00501. The van der Waals surface area contributed by atoms with E-state index in [2.05, 4.69) is 20.2 Å². The molecule has 0 saturated carbocycles. The Labute approximate surface area is 144 Å². The number of aromatic nitrogens is 5. The van der Waals surface area contributed by atoms with Crippen LogP contribution in [-0.4, -0.2) is 55.3 Å². The van der Waals surface area contributed by atoms with E-state index in [0.717, 1.165) is 17.2 Å². The highest BCUT2D eigenvalue weighted by Crippen LogP contribution is 2.24. The lowest BCUT2D eigenvalue weighted by Gasteiger charge is -2.34. The molecule has 0 bridgehead atoms. The molecule has 1 atom stereocenters. The lowest BCUT2D eigenvalue weighted by atomic mass is 10.1. The standard InChI is InChI=1S/C17H18N6O2/c1-12-8-18-16(21-12)15-9-25-6-5-23(15)17(24)13-3-2-4-14(7-13)22-10-19-20-11-22/h2-4,7-8,10-11,15H,5-6,9H2,1H3,(H,18,21). The first-order valence-electron chi connectivity index (χ1n) is 8.07. The lowest BCUT2D eigenvalue weighted by Crippen LogP contribution is -2.43. The number of ether oxygens (including phenoxy) is 1. The fraction of sp³-hybridized carbons (Fsp3) is 0.294. The summed E-state index contributed by atoms with van der Waals surface area (Å²) in [7, 11) is 0. The summed E-state index contributed by atoms with van der Waals surface area (Å²) in [6, 6.07) is 7.21. The highest BCUT2D eigenvalue weighted by atomic mass is 16.5. The van der Waals surface area contributed by atoms with Crippen molar-refractivity contribution in [2.45, 2.75) is 13.0 Å². The van der Waals surface area contributed by atoms with Crippen molar-refractivity contribution in [2.75, 3.05) is 19.8 Å². The van der Waals surface area contributed by atoms with Crippen molar-refractivity contribution >= 4 is 5.91 Å². The van der Waals surface area contributed by atoms with Crippen molar-refractivity contribution in [3.05, 3.63) is 60.2 Å². The fourth-order valence-corrected chi connectivity index (χ4v) is 2.97. The summed E-state index contributed by atoms with van der Waals surface area (Å²) in [4.78, 5) is 22.5. The molecule has 1 unspecified atom stereocenters. The second-order valence-electron chi connectivity index (χ2n) is 5.96. The number of hydrogen-bond acceptors (Lipinski definition) is 5. The average molecular weight is 338 g/mol. The number of aromatic amines is 1. The zero-order chi connectivity index (χ0) is 17.2. The molecule has 1 aliphatic rings. The van der Waals surface area contributed by atoms with Crippen LogP contribution < -0.4 is 0 Å². The number of amides is 1. The van der Waals surface area contributed by atoms with Gasteiger partial charge in [-0.15, -0.1) is 10.2 Å². The first-order chi connectivity index (χ1) is 12.2. The molecule has 0 radical (unpaired) electrons. The topological polar surface area (TPSA) is 88.9 Å². The van der Waals surface area contributed by atoms with Crippen molar-refractivity contribution in [1.82, 2.24) is 29.6 Å². The molecule has 3 aromatic rings. The normalized spacial score (nSPS) is 17.6. The van der Waals surface area contributed by atoms with Crippen LogP contribution in [0.15, 0.2) is 43.1 Å². The predicted molar refractivity (Wildman–Crippen MR) is 89.3 cm³/mol. The van der Waals surface area contributed by atoms with Gasteiger partial charge in [-0.2, -0.15) is 0 Å². The van der Waals surface area contributed by atoms with E-state index in [9.17, 15) is 4.79 Å². The highest BCUT2D eigenvalue weighted by Gasteiger charge is 2.31. The van der Waals surface area contributed by atoms with Crippen LogP contribution in [0.4, 0.5) is 0 Å². The molecule has 4 rings (SSSR count). The zero-order valence-electron chi connectivity index (χ0n) is 13.8. The summed E-state index contributed by atoms with van der Waals surface area (Å²) < 4.78 is 7.34. The Balaban J connectivity index is 1.63. The van der Waals surface area contributed by atoms with E-state index in [0.29, 0.717) is 25.3 Å². The number of nitrogens with one attached hydrogen (secondary N) is 1. The van der Waals surface area contributed by atoms with E-state index in [4.69, 9.17) is 4.74 Å². The summed E-state index contributed by atoms with van der Waals surface area (Å²) in [6.45, 7) is 3.42. The largest absolute Gasteiger partial charge is 0.377 e. The molecule has 1 fully saturated rings. The van der Waals surface area contributed by atoms with Gasteiger partial charge in [0.2, 0.25) is 0 Å². The zero-order valence-corrected chi connectivity index (χ0v) is 13.8. The van der Waals surface area contributed by atoms with Crippen molar-refractivity contribution in [1.29, 1.82) is 0 Å². The molecule has 8 nitrogen and oxygen atoms in total. The number of nitrogens with zero attached hydrogens (tertiary/aromatic N) is 5. The SMILES string of the molecule is Cc1cnc(C2COCCN2C(=O)c2cccc(-n3cnnc3)c2)[nH]1. The Morgan fingerprint density at radius 2 is 2.16 bits per heavy atom. The molecule has 2 aromatic heterocycles. The third-order valence-electron chi connectivity index (χ3n) is 4.24. The molecule has 1 aliphatic heterocycles. The van der Waals surface area contributed by atoms with Crippen LogP contribution in [0, 0.1) is 6.92 Å². The number of aryl methyl sites for hydroxylation is 1. The smallest absolute Gasteiger partial charge is 0.254 e. The van der Waals surface area contributed by atoms with Crippen molar-refractivity contribution in [2.24, 2.45) is 0 Å². The minimum atomic E-state index is -0.214. The molecule has 128 valence electrons. The Morgan fingerprint density at radius 3 is 2.92 bits per heavy atom. The Hall–Kier alpha value is -3.00. The van der Waals surface area contributed by atoms with Crippen molar-refractivity contribution in [3.63, 3.8) is 0 Å². The predicted octanol–water partition coefficient (Wildman–Crippen LogP) is 1.51. The Kier molecular flexibility index (Phi) is 4.02. The monoisotopic (exact) mass is 338 g/mol. The van der Waals surface area contributed by atoms with Crippen LogP contribution in [0.1, 0.15) is 27.9 Å². The molecule has 1 saturated heterocycles. The fourth-order valence-electron chi connectivity index (χ4n) is 2.97. The Bertz CT molecular complexity index is 873. The van der Waals surface area contributed by atoms with Gasteiger partial charge in [-0.05, 0) is 25.1 Å². The molecule has 1 amide bonds. The van der Waals surface area contributed by atoms with Crippen LogP contribution in [0.25, 0.3) is 5.69 Å². The van der Waals surface area contributed by atoms with Crippen LogP contribution in [0.2, 0.25) is 0 Å². The number of imidazole rings is 1. The summed E-state index contributed by atoms with van der Waals surface area (Å²) in [5.41, 5.74) is 2.42. The third-order valence-corrected chi connectivity index (χ3v) is 4.24.